The highest BCUT2D eigenvalue weighted by Crippen LogP contribution is 2.32. The predicted octanol–water partition coefficient (Wildman–Crippen LogP) is 2.95. The Morgan fingerprint density at radius 2 is 1.95 bits per heavy atom. The van der Waals surface area contributed by atoms with Crippen molar-refractivity contribution in [3.05, 3.63) is 64.5 Å². The van der Waals surface area contributed by atoms with Crippen molar-refractivity contribution in [3.63, 3.8) is 0 Å². The number of fused-ring (bicyclic) bond motifs is 1. The van der Waals surface area contributed by atoms with Crippen molar-refractivity contribution in [2.24, 2.45) is 0 Å². The summed E-state index contributed by atoms with van der Waals surface area (Å²) < 4.78 is 23.9. The Balaban J connectivity index is 2.00. The largest absolute Gasteiger partial charge is 0.496 e. The third-order valence-corrected chi connectivity index (χ3v) is 3.55. The van der Waals surface area contributed by atoms with E-state index in [1.54, 1.807) is 0 Å². The van der Waals surface area contributed by atoms with Gasteiger partial charge < -0.3 is 14.6 Å². The molecule has 0 fully saturated rings. The number of rotatable bonds is 3. The van der Waals surface area contributed by atoms with Gasteiger partial charge in [0.1, 0.15) is 17.7 Å². The van der Waals surface area contributed by atoms with Crippen molar-refractivity contribution >= 4 is 0 Å². The zero-order valence-corrected chi connectivity index (χ0v) is 11.1. The number of hydrogen-bond acceptors (Lipinski definition) is 3. The second-order valence-corrected chi connectivity index (χ2v) is 4.81. The molecule has 0 aromatic heterocycles. The molecule has 3 nitrogen and oxygen atoms in total. The van der Waals surface area contributed by atoms with E-state index in [9.17, 15) is 9.50 Å². The van der Waals surface area contributed by atoms with E-state index in [0.717, 1.165) is 11.1 Å². The summed E-state index contributed by atoms with van der Waals surface area (Å²) in [5, 5.41) is 10.5. The van der Waals surface area contributed by atoms with Crippen LogP contribution in [0.2, 0.25) is 0 Å². The molecule has 1 heterocycles. The highest BCUT2D eigenvalue weighted by molar-refractivity contribution is 5.43. The summed E-state index contributed by atoms with van der Waals surface area (Å²) in [5.74, 6) is 0.0694. The van der Waals surface area contributed by atoms with Gasteiger partial charge in [-0.25, -0.2) is 4.39 Å². The van der Waals surface area contributed by atoms with Crippen LogP contribution >= 0.6 is 0 Å². The van der Waals surface area contributed by atoms with E-state index >= 15 is 0 Å². The molecule has 0 radical (unpaired) electrons. The highest BCUT2D eigenvalue weighted by Gasteiger charge is 2.19. The average Bonchev–Trinajstić information content (AvgIpc) is 2.93. The second kappa shape index (κ2) is 5.23. The standard InChI is InChI=1S/C16H15FO3/c1-19-15-5-4-13(17)7-14(15)16(18)10-2-3-11-8-20-9-12(11)6-10/h2-7,16,18H,8-9H2,1H3. The monoisotopic (exact) mass is 274 g/mol. The van der Waals surface area contributed by atoms with Crippen LogP contribution in [0.25, 0.3) is 0 Å². The maximum Gasteiger partial charge on any atom is 0.125 e. The quantitative estimate of drug-likeness (QED) is 0.935. The van der Waals surface area contributed by atoms with E-state index in [1.165, 1.54) is 25.3 Å². The highest BCUT2D eigenvalue weighted by atomic mass is 19.1. The van der Waals surface area contributed by atoms with Crippen molar-refractivity contribution in [1.29, 1.82) is 0 Å². The van der Waals surface area contributed by atoms with Gasteiger partial charge >= 0.3 is 0 Å². The molecule has 20 heavy (non-hydrogen) atoms. The molecule has 0 spiro atoms. The van der Waals surface area contributed by atoms with Gasteiger partial charge in [-0.2, -0.15) is 0 Å². The first-order valence-electron chi connectivity index (χ1n) is 6.40. The van der Waals surface area contributed by atoms with Gasteiger partial charge in [0.05, 0.1) is 20.3 Å². The molecule has 0 bridgehead atoms. The molecule has 0 saturated carbocycles. The number of aliphatic hydroxyl groups excluding tert-OH is 1. The zero-order chi connectivity index (χ0) is 14.1. The molecular weight excluding hydrogens is 259 g/mol. The number of aliphatic hydroxyl groups is 1. The van der Waals surface area contributed by atoms with Gasteiger partial charge in [0, 0.05) is 5.56 Å². The van der Waals surface area contributed by atoms with Crippen LogP contribution in [-0.4, -0.2) is 12.2 Å². The molecule has 104 valence electrons. The number of hydrogen-bond donors (Lipinski definition) is 1. The summed E-state index contributed by atoms with van der Waals surface area (Å²) in [4.78, 5) is 0. The molecule has 4 heteroatoms. The molecule has 1 aliphatic rings. The Kier molecular flexibility index (Phi) is 3.42. The first kappa shape index (κ1) is 13.1. The third-order valence-electron chi connectivity index (χ3n) is 3.55. The minimum Gasteiger partial charge on any atom is -0.496 e. The smallest absolute Gasteiger partial charge is 0.125 e. The van der Waals surface area contributed by atoms with Crippen molar-refractivity contribution in [1.82, 2.24) is 0 Å². The van der Waals surface area contributed by atoms with Gasteiger partial charge in [-0.3, -0.25) is 0 Å². The van der Waals surface area contributed by atoms with Crippen LogP contribution in [0.15, 0.2) is 36.4 Å². The van der Waals surface area contributed by atoms with Crippen LogP contribution in [-0.2, 0) is 18.0 Å². The number of benzene rings is 2. The van der Waals surface area contributed by atoms with Crippen molar-refractivity contribution in [3.8, 4) is 5.75 Å². The topological polar surface area (TPSA) is 38.7 Å². The van der Waals surface area contributed by atoms with Crippen LogP contribution in [0.5, 0.6) is 5.75 Å². The summed E-state index contributed by atoms with van der Waals surface area (Å²) in [6, 6.07) is 9.80. The van der Waals surface area contributed by atoms with Gasteiger partial charge in [-0.1, -0.05) is 18.2 Å². The van der Waals surface area contributed by atoms with E-state index in [-0.39, 0.29) is 0 Å². The van der Waals surface area contributed by atoms with Crippen molar-refractivity contribution in [2.45, 2.75) is 19.3 Å². The molecule has 0 amide bonds. The van der Waals surface area contributed by atoms with Crippen LogP contribution in [0.1, 0.15) is 28.4 Å². The first-order chi connectivity index (χ1) is 9.69. The molecule has 1 atom stereocenters. The number of ether oxygens (including phenoxy) is 2. The fraction of sp³-hybridized carbons (Fsp3) is 0.250. The number of methoxy groups -OCH3 is 1. The maximum absolute atomic E-state index is 13.4. The summed E-state index contributed by atoms with van der Waals surface area (Å²) in [6.07, 6.45) is -0.924. The number of halogens is 1. The minimum atomic E-state index is -0.924. The molecular formula is C16H15FO3. The SMILES string of the molecule is COc1ccc(F)cc1C(O)c1ccc2c(c1)COC2. The van der Waals surface area contributed by atoms with Crippen LogP contribution in [0.4, 0.5) is 4.39 Å². The molecule has 0 aliphatic carbocycles. The molecule has 1 aliphatic heterocycles. The lowest BCUT2D eigenvalue weighted by molar-refractivity contribution is 0.134. The van der Waals surface area contributed by atoms with Gasteiger partial charge in [-0.05, 0) is 34.9 Å². The Bertz CT molecular complexity index is 640. The van der Waals surface area contributed by atoms with Gasteiger partial charge in [0.15, 0.2) is 0 Å². The zero-order valence-electron chi connectivity index (χ0n) is 11.1. The van der Waals surface area contributed by atoms with Crippen molar-refractivity contribution < 1.29 is 19.0 Å². The Hall–Kier alpha value is -1.91. The Morgan fingerprint density at radius 1 is 1.15 bits per heavy atom. The van der Waals surface area contributed by atoms with Crippen LogP contribution in [0, 0.1) is 5.82 Å². The van der Waals surface area contributed by atoms with Gasteiger partial charge in [-0.15, -0.1) is 0 Å². The van der Waals surface area contributed by atoms with Crippen LogP contribution < -0.4 is 4.74 Å². The maximum atomic E-state index is 13.4. The van der Waals surface area contributed by atoms with E-state index in [1.807, 2.05) is 18.2 Å². The van der Waals surface area contributed by atoms with E-state index < -0.39 is 11.9 Å². The molecule has 2 aromatic rings. The van der Waals surface area contributed by atoms with E-state index in [0.29, 0.717) is 30.1 Å². The second-order valence-electron chi connectivity index (χ2n) is 4.81. The predicted molar refractivity (Wildman–Crippen MR) is 71.9 cm³/mol. The Labute approximate surface area is 116 Å². The van der Waals surface area contributed by atoms with Gasteiger partial charge in [0.2, 0.25) is 0 Å². The van der Waals surface area contributed by atoms with E-state index in [2.05, 4.69) is 0 Å². The molecule has 3 rings (SSSR count). The normalized spacial score (nSPS) is 14.9. The molecule has 1 unspecified atom stereocenters. The first-order valence-corrected chi connectivity index (χ1v) is 6.40. The summed E-state index contributed by atoms with van der Waals surface area (Å²) >= 11 is 0. The van der Waals surface area contributed by atoms with Crippen LogP contribution in [0.3, 0.4) is 0 Å². The summed E-state index contributed by atoms with van der Waals surface area (Å²) in [5.41, 5.74) is 3.33. The lowest BCUT2D eigenvalue weighted by atomic mass is 9.97. The third kappa shape index (κ3) is 2.28. The summed E-state index contributed by atoms with van der Waals surface area (Å²) in [6.45, 7) is 1.16. The lowest BCUT2D eigenvalue weighted by Gasteiger charge is -2.16. The molecule has 2 aromatic carbocycles. The minimum absolute atomic E-state index is 0.399. The fourth-order valence-electron chi connectivity index (χ4n) is 2.46. The van der Waals surface area contributed by atoms with Gasteiger partial charge in [0.25, 0.3) is 0 Å². The Morgan fingerprint density at radius 3 is 2.75 bits per heavy atom. The summed E-state index contributed by atoms with van der Waals surface area (Å²) in [7, 11) is 1.50. The molecule has 1 N–H and O–H groups in total. The van der Waals surface area contributed by atoms with E-state index in [4.69, 9.17) is 9.47 Å². The fourth-order valence-corrected chi connectivity index (χ4v) is 2.46. The molecule has 0 saturated heterocycles. The van der Waals surface area contributed by atoms with Crippen molar-refractivity contribution in [2.75, 3.05) is 7.11 Å². The average molecular weight is 274 g/mol. The lowest BCUT2D eigenvalue weighted by Crippen LogP contribution is -2.04.